The van der Waals surface area contributed by atoms with Gasteiger partial charge in [-0.05, 0) is 17.5 Å². The molecule has 1 amide bonds. The Kier molecular flexibility index (Phi) is 3.28. The van der Waals surface area contributed by atoms with Crippen molar-refractivity contribution in [1.29, 1.82) is 0 Å². The van der Waals surface area contributed by atoms with Gasteiger partial charge < -0.3 is 10.4 Å². The van der Waals surface area contributed by atoms with Crippen molar-refractivity contribution < 1.29 is 9.90 Å². The molecular formula is C17H17NO2. The number of hydrogen-bond donors (Lipinski definition) is 2. The van der Waals surface area contributed by atoms with Crippen LogP contribution in [0, 0.1) is 0 Å². The molecule has 0 aliphatic carbocycles. The van der Waals surface area contributed by atoms with E-state index in [1.807, 2.05) is 60.7 Å². The Morgan fingerprint density at radius 2 is 1.45 bits per heavy atom. The molecule has 102 valence electrons. The topological polar surface area (TPSA) is 49.3 Å². The summed E-state index contributed by atoms with van der Waals surface area (Å²) >= 11 is 0. The highest BCUT2D eigenvalue weighted by Crippen LogP contribution is 2.36. The van der Waals surface area contributed by atoms with Crippen LogP contribution in [0.5, 0.6) is 0 Å². The Morgan fingerprint density at radius 1 is 0.950 bits per heavy atom. The molecule has 0 unspecified atom stereocenters. The Morgan fingerprint density at radius 3 is 1.85 bits per heavy atom. The maximum absolute atomic E-state index is 11.5. The molecule has 0 bridgehead atoms. The average molecular weight is 267 g/mol. The number of aliphatic hydroxyl groups is 1. The zero-order valence-electron chi connectivity index (χ0n) is 11.1. The molecule has 1 aliphatic heterocycles. The Labute approximate surface area is 118 Å². The lowest BCUT2D eigenvalue weighted by Gasteiger charge is -2.35. The van der Waals surface area contributed by atoms with Crippen molar-refractivity contribution in [3.05, 3.63) is 71.8 Å². The molecule has 0 aromatic heterocycles. The summed E-state index contributed by atoms with van der Waals surface area (Å²) < 4.78 is 0. The first-order valence-electron chi connectivity index (χ1n) is 6.84. The van der Waals surface area contributed by atoms with E-state index in [0.717, 1.165) is 11.1 Å². The number of rotatable bonds is 3. The molecule has 0 spiro atoms. The van der Waals surface area contributed by atoms with Crippen molar-refractivity contribution in [3.8, 4) is 0 Å². The van der Waals surface area contributed by atoms with Crippen LogP contribution in [0.15, 0.2) is 60.7 Å². The Balaban J connectivity index is 2.10. The summed E-state index contributed by atoms with van der Waals surface area (Å²) in [5, 5.41) is 14.3. The van der Waals surface area contributed by atoms with Gasteiger partial charge in [0.1, 0.15) is 5.60 Å². The zero-order valence-corrected chi connectivity index (χ0v) is 11.1. The molecule has 0 saturated carbocycles. The summed E-state index contributed by atoms with van der Waals surface area (Å²) in [5.74, 6) is 0.000266. The zero-order chi connectivity index (χ0) is 14.0. The predicted octanol–water partition coefficient (Wildman–Crippen LogP) is 2.20. The van der Waals surface area contributed by atoms with Crippen molar-refractivity contribution in [1.82, 2.24) is 5.32 Å². The van der Waals surface area contributed by atoms with Gasteiger partial charge in [-0.25, -0.2) is 0 Å². The summed E-state index contributed by atoms with van der Waals surface area (Å²) in [7, 11) is 0. The molecular weight excluding hydrogens is 250 g/mol. The van der Waals surface area contributed by atoms with Crippen molar-refractivity contribution in [2.75, 3.05) is 0 Å². The summed E-state index contributed by atoms with van der Waals surface area (Å²) in [6.45, 7) is 0. The molecule has 1 fully saturated rings. The highest BCUT2D eigenvalue weighted by molar-refractivity contribution is 5.79. The second-order valence-electron chi connectivity index (χ2n) is 5.16. The van der Waals surface area contributed by atoms with E-state index in [9.17, 15) is 9.90 Å². The fourth-order valence-corrected chi connectivity index (χ4v) is 2.88. The first-order valence-corrected chi connectivity index (χ1v) is 6.84. The van der Waals surface area contributed by atoms with Gasteiger partial charge in [0, 0.05) is 6.42 Å². The fourth-order valence-electron chi connectivity index (χ4n) is 2.88. The number of nitrogens with one attached hydrogen (secondary N) is 1. The van der Waals surface area contributed by atoms with Crippen LogP contribution in [0.1, 0.15) is 24.0 Å². The minimum atomic E-state index is -1.19. The summed E-state index contributed by atoms with van der Waals surface area (Å²) in [4.78, 5) is 11.5. The predicted molar refractivity (Wildman–Crippen MR) is 77.0 cm³/mol. The standard InChI is InChI=1S/C17H17NO2/c19-16-12-11-15(18-16)17(20,13-7-3-1-4-8-13)14-9-5-2-6-10-14/h1-10,15,20H,11-12H2,(H,18,19)/t15-/m1/s1. The normalized spacial score (nSPS) is 18.9. The van der Waals surface area contributed by atoms with Crippen LogP contribution in [0.3, 0.4) is 0 Å². The molecule has 1 aliphatic rings. The van der Waals surface area contributed by atoms with E-state index in [1.165, 1.54) is 0 Å². The van der Waals surface area contributed by atoms with Gasteiger partial charge in [-0.1, -0.05) is 60.7 Å². The lowest BCUT2D eigenvalue weighted by Crippen LogP contribution is -2.47. The van der Waals surface area contributed by atoms with Crippen LogP contribution in [0.4, 0.5) is 0 Å². The molecule has 2 N–H and O–H groups in total. The third-order valence-electron chi connectivity index (χ3n) is 3.93. The second-order valence-corrected chi connectivity index (χ2v) is 5.16. The minimum absolute atomic E-state index is 0.000266. The number of benzene rings is 2. The lowest BCUT2D eigenvalue weighted by atomic mass is 9.79. The van der Waals surface area contributed by atoms with Crippen molar-refractivity contribution in [2.24, 2.45) is 0 Å². The number of carbonyl (C=O) groups excluding carboxylic acids is 1. The van der Waals surface area contributed by atoms with Gasteiger partial charge in [-0.3, -0.25) is 4.79 Å². The van der Waals surface area contributed by atoms with Gasteiger partial charge >= 0.3 is 0 Å². The van der Waals surface area contributed by atoms with Gasteiger partial charge in [-0.2, -0.15) is 0 Å². The maximum Gasteiger partial charge on any atom is 0.220 e. The van der Waals surface area contributed by atoms with Gasteiger partial charge in [0.15, 0.2) is 0 Å². The van der Waals surface area contributed by atoms with Gasteiger partial charge in [0.05, 0.1) is 6.04 Å². The van der Waals surface area contributed by atoms with Crippen LogP contribution in [0.2, 0.25) is 0 Å². The van der Waals surface area contributed by atoms with E-state index in [-0.39, 0.29) is 11.9 Å². The van der Waals surface area contributed by atoms with Crippen molar-refractivity contribution in [2.45, 2.75) is 24.5 Å². The van der Waals surface area contributed by atoms with Crippen LogP contribution in [-0.4, -0.2) is 17.1 Å². The average Bonchev–Trinajstić information content (AvgIpc) is 2.95. The van der Waals surface area contributed by atoms with E-state index in [1.54, 1.807) is 0 Å². The van der Waals surface area contributed by atoms with Crippen LogP contribution in [-0.2, 0) is 10.4 Å². The van der Waals surface area contributed by atoms with Crippen LogP contribution < -0.4 is 5.32 Å². The maximum atomic E-state index is 11.5. The molecule has 1 heterocycles. The van der Waals surface area contributed by atoms with E-state index < -0.39 is 5.60 Å². The number of carbonyl (C=O) groups is 1. The highest BCUT2D eigenvalue weighted by Gasteiger charge is 2.43. The first-order chi connectivity index (χ1) is 9.71. The second kappa shape index (κ2) is 5.10. The van der Waals surface area contributed by atoms with Crippen molar-refractivity contribution >= 4 is 5.91 Å². The molecule has 1 atom stereocenters. The van der Waals surface area contributed by atoms with Gasteiger partial charge in [0.2, 0.25) is 5.91 Å². The smallest absolute Gasteiger partial charge is 0.220 e. The summed E-state index contributed by atoms with van der Waals surface area (Å²) in [6.07, 6.45) is 1.10. The minimum Gasteiger partial charge on any atom is -0.378 e. The van der Waals surface area contributed by atoms with E-state index >= 15 is 0 Å². The van der Waals surface area contributed by atoms with E-state index in [0.29, 0.717) is 12.8 Å². The van der Waals surface area contributed by atoms with E-state index in [2.05, 4.69) is 5.32 Å². The molecule has 1 saturated heterocycles. The van der Waals surface area contributed by atoms with E-state index in [4.69, 9.17) is 0 Å². The Bertz CT molecular complexity index is 555. The lowest BCUT2D eigenvalue weighted by molar-refractivity contribution is -0.120. The molecule has 0 radical (unpaired) electrons. The van der Waals surface area contributed by atoms with Crippen molar-refractivity contribution in [3.63, 3.8) is 0 Å². The van der Waals surface area contributed by atoms with Crippen LogP contribution >= 0.6 is 0 Å². The number of hydrogen-bond acceptors (Lipinski definition) is 2. The van der Waals surface area contributed by atoms with Crippen LogP contribution in [0.25, 0.3) is 0 Å². The summed E-state index contributed by atoms with van der Waals surface area (Å²) in [6, 6.07) is 18.8. The quantitative estimate of drug-likeness (QED) is 0.895. The molecule has 20 heavy (non-hydrogen) atoms. The first kappa shape index (κ1) is 12.9. The monoisotopic (exact) mass is 267 g/mol. The Hall–Kier alpha value is -2.13. The third kappa shape index (κ3) is 2.10. The number of amides is 1. The largest absolute Gasteiger partial charge is 0.378 e. The van der Waals surface area contributed by atoms with Gasteiger partial charge in [0.25, 0.3) is 0 Å². The molecule has 3 heteroatoms. The molecule has 2 aromatic rings. The molecule has 3 nitrogen and oxygen atoms in total. The third-order valence-corrected chi connectivity index (χ3v) is 3.93. The SMILES string of the molecule is O=C1CC[C@H](C(O)(c2ccccc2)c2ccccc2)N1. The molecule has 3 rings (SSSR count). The highest BCUT2D eigenvalue weighted by atomic mass is 16.3. The van der Waals surface area contributed by atoms with Gasteiger partial charge in [-0.15, -0.1) is 0 Å². The summed E-state index contributed by atoms with van der Waals surface area (Å²) in [5.41, 5.74) is 0.422. The fraction of sp³-hybridized carbons (Fsp3) is 0.235. The molecule has 2 aromatic carbocycles.